The molecule has 0 atom stereocenters. The van der Waals surface area contributed by atoms with Gasteiger partial charge in [-0.05, 0) is 73.5 Å². The molecule has 6 nitrogen and oxygen atoms in total. The van der Waals surface area contributed by atoms with E-state index >= 15 is 0 Å². The maximum absolute atomic E-state index is 12.7. The molecular weight excluding hydrogens is 495 g/mol. The van der Waals surface area contributed by atoms with Gasteiger partial charge in [0.1, 0.15) is 5.82 Å². The van der Waals surface area contributed by atoms with Crippen molar-refractivity contribution in [3.8, 4) is 11.4 Å². The van der Waals surface area contributed by atoms with E-state index in [0.717, 1.165) is 48.0 Å². The molecule has 2 amide bonds. The van der Waals surface area contributed by atoms with Gasteiger partial charge in [-0.2, -0.15) is 0 Å². The standard InChI is InChI=1S/C28H26Cl2N4O2/c29-20-13-19(14-21(30)15-20)28(36)31-22-9-7-17(8-10-22)26-33-24-12-11-23(16-25(24)34-26)32-27(35)18-5-3-1-2-4-6-18/h7-16,18H,1-6H2,(H,31,36)(H,32,35)(H,33,34). The second kappa shape index (κ2) is 10.7. The molecule has 4 aromatic rings. The Morgan fingerprint density at radius 3 is 2.17 bits per heavy atom. The third kappa shape index (κ3) is 5.72. The van der Waals surface area contributed by atoms with E-state index < -0.39 is 0 Å². The van der Waals surface area contributed by atoms with Gasteiger partial charge in [0.2, 0.25) is 5.91 Å². The summed E-state index contributed by atoms with van der Waals surface area (Å²) in [4.78, 5) is 33.3. The predicted molar refractivity (Wildman–Crippen MR) is 146 cm³/mol. The van der Waals surface area contributed by atoms with Crippen LogP contribution < -0.4 is 10.6 Å². The fraction of sp³-hybridized carbons (Fsp3) is 0.250. The average Bonchev–Trinajstić information content (AvgIpc) is 3.08. The average molecular weight is 521 g/mol. The number of fused-ring (bicyclic) bond motifs is 1. The van der Waals surface area contributed by atoms with Crippen LogP contribution in [0, 0.1) is 5.92 Å². The van der Waals surface area contributed by atoms with Gasteiger partial charge in [0.25, 0.3) is 5.91 Å². The maximum atomic E-state index is 12.7. The summed E-state index contributed by atoms with van der Waals surface area (Å²) >= 11 is 12.0. The fourth-order valence-electron chi connectivity index (χ4n) is 4.61. The quantitative estimate of drug-likeness (QED) is 0.235. The molecule has 1 aliphatic rings. The zero-order valence-corrected chi connectivity index (χ0v) is 21.1. The van der Waals surface area contributed by atoms with E-state index in [1.807, 2.05) is 42.5 Å². The van der Waals surface area contributed by atoms with E-state index in [2.05, 4.69) is 20.6 Å². The molecule has 3 aromatic carbocycles. The summed E-state index contributed by atoms with van der Waals surface area (Å²) < 4.78 is 0. The molecule has 0 aliphatic heterocycles. The van der Waals surface area contributed by atoms with Crippen molar-refractivity contribution in [3.05, 3.63) is 76.3 Å². The van der Waals surface area contributed by atoms with Crippen LogP contribution in [0.2, 0.25) is 10.0 Å². The molecule has 3 N–H and O–H groups in total. The van der Waals surface area contributed by atoms with Crippen LogP contribution in [0.3, 0.4) is 0 Å². The number of hydrogen-bond acceptors (Lipinski definition) is 3. The van der Waals surface area contributed by atoms with E-state index in [1.165, 1.54) is 12.8 Å². The molecule has 8 heteroatoms. The van der Waals surface area contributed by atoms with Crippen molar-refractivity contribution in [2.24, 2.45) is 5.92 Å². The number of hydrogen-bond donors (Lipinski definition) is 3. The first-order chi connectivity index (χ1) is 17.4. The zero-order valence-electron chi connectivity index (χ0n) is 19.6. The Morgan fingerprint density at radius 2 is 1.47 bits per heavy atom. The minimum Gasteiger partial charge on any atom is -0.338 e. The fourth-order valence-corrected chi connectivity index (χ4v) is 5.14. The SMILES string of the molecule is O=C(Nc1ccc(-c2nc3ccc(NC(=O)C4CCCCCC4)cc3[nH]2)cc1)c1cc(Cl)cc(Cl)c1. The normalized spacial score (nSPS) is 14.4. The summed E-state index contributed by atoms with van der Waals surface area (Å²) in [5.41, 5.74) is 4.33. The summed E-state index contributed by atoms with van der Waals surface area (Å²) in [6.45, 7) is 0. The van der Waals surface area contributed by atoms with Crippen molar-refractivity contribution in [3.63, 3.8) is 0 Å². The Morgan fingerprint density at radius 1 is 0.806 bits per heavy atom. The van der Waals surface area contributed by atoms with Crippen molar-refractivity contribution in [1.82, 2.24) is 9.97 Å². The summed E-state index contributed by atoms with van der Waals surface area (Å²) in [5.74, 6) is 0.607. The highest BCUT2D eigenvalue weighted by atomic mass is 35.5. The second-order valence-corrected chi connectivity index (χ2v) is 10.1. The molecule has 1 aromatic heterocycles. The number of carbonyl (C=O) groups is 2. The molecule has 36 heavy (non-hydrogen) atoms. The number of nitrogens with one attached hydrogen (secondary N) is 3. The Kier molecular flexibility index (Phi) is 7.25. The Labute approximate surface area is 219 Å². The van der Waals surface area contributed by atoms with Crippen LogP contribution in [-0.2, 0) is 4.79 Å². The van der Waals surface area contributed by atoms with Crippen molar-refractivity contribution in [2.45, 2.75) is 38.5 Å². The van der Waals surface area contributed by atoms with Gasteiger partial charge < -0.3 is 15.6 Å². The zero-order chi connectivity index (χ0) is 25.1. The summed E-state index contributed by atoms with van der Waals surface area (Å²) in [6, 6.07) is 17.8. The molecule has 1 saturated carbocycles. The van der Waals surface area contributed by atoms with Gasteiger partial charge >= 0.3 is 0 Å². The summed E-state index contributed by atoms with van der Waals surface area (Å²) in [5, 5.41) is 6.74. The lowest BCUT2D eigenvalue weighted by molar-refractivity contribution is -0.120. The lowest BCUT2D eigenvalue weighted by atomic mass is 9.99. The number of imidazole rings is 1. The lowest BCUT2D eigenvalue weighted by Crippen LogP contribution is -2.22. The van der Waals surface area contributed by atoms with Crippen LogP contribution in [0.15, 0.2) is 60.7 Å². The van der Waals surface area contributed by atoms with E-state index in [4.69, 9.17) is 23.2 Å². The number of nitrogens with zero attached hydrogens (tertiary/aromatic N) is 1. The molecule has 0 radical (unpaired) electrons. The van der Waals surface area contributed by atoms with Crippen molar-refractivity contribution >= 4 is 57.4 Å². The van der Waals surface area contributed by atoms with Crippen LogP contribution in [0.25, 0.3) is 22.4 Å². The highest BCUT2D eigenvalue weighted by Crippen LogP contribution is 2.27. The molecule has 184 valence electrons. The summed E-state index contributed by atoms with van der Waals surface area (Å²) in [6.07, 6.45) is 6.61. The Hall–Kier alpha value is -3.35. The number of amides is 2. The largest absolute Gasteiger partial charge is 0.338 e. The number of anilines is 2. The first kappa shape index (κ1) is 24.3. The van der Waals surface area contributed by atoms with Gasteiger partial charge in [0, 0.05) is 38.5 Å². The first-order valence-electron chi connectivity index (χ1n) is 12.1. The summed E-state index contributed by atoms with van der Waals surface area (Å²) in [7, 11) is 0. The van der Waals surface area contributed by atoms with Gasteiger partial charge in [0.15, 0.2) is 0 Å². The van der Waals surface area contributed by atoms with Crippen molar-refractivity contribution in [1.29, 1.82) is 0 Å². The third-order valence-electron chi connectivity index (χ3n) is 6.52. The molecule has 0 unspecified atom stereocenters. The number of rotatable bonds is 5. The lowest BCUT2D eigenvalue weighted by Gasteiger charge is -2.14. The van der Waals surface area contributed by atoms with Crippen LogP contribution in [0.1, 0.15) is 48.9 Å². The molecule has 5 rings (SSSR count). The number of benzene rings is 3. The monoisotopic (exact) mass is 520 g/mol. The van der Waals surface area contributed by atoms with E-state index in [1.54, 1.807) is 18.2 Å². The molecule has 0 saturated heterocycles. The van der Waals surface area contributed by atoms with E-state index in [0.29, 0.717) is 27.1 Å². The number of aromatic amines is 1. The van der Waals surface area contributed by atoms with Gasteiger partial charge in [0.05, 0.1) is 11.0 Å². The van der Waals surface area contributed by atoms with Crippen molar-refractivity contribution < 1.29 is 9.59 Å². The first-order valence-corrected chi connectivity index (χ1v) is 12.9. The topological polar surface area (TPSA) is 86.9 Å². The molecule has 1 fully saturated rings. The number of halogens is 2. The number of carbonyl (C=O) groups excluding carboxylic acids is 2. The van der Waals surface area contributed by atoms with Crippen LogP contribution in [0.4, 0.5) is 11.4 Å². The molecule has 1 aliphatic carbocycles. The number of H-pyrrole nitrogens is 1. The van der Waals surface area contributed by atoms with Crippen LogP contribution >= 0.6 is 23.2 Å². The molecule has 0 spiro atoms. The smallest absolute Gasteiger partial charge is 0.255 e. The molecular formula is C28H26Cl2N4O2. The van der Waals surface area contributed by atoms with Gasteiger partial charge in [-0.1, -0.05) is 48.9 Å². The van der Waals surface area contributed by atoms with E-state index in [-0.39, 0.29) is 17.7 Å². The minimum absolute atomic E-state index is 0.0930. The van der Waals surface area contributed by atoms with Gasteiger partial charge in [-0.25, -0.2) is 4.98 Å². The maximum Gasteiger partial charge on any atom is 0.255 e. The highest BCUT2D eigenvalue weighted by molar-refractivity contribution is 6.35. The highest BCUT2D eigenvalue weighted by Gasteiger charge is 2.20. The second-order valence-electron chi connectivity index (χ2n) is 9.18. The number of aromatic nitrogens is 2. The van der Waals surface area contributed by atoms with Gasteiger partial charge in [-0.3, -0.25) is 9.59 Å². The molecule has 0 bridgehead atoms. The van der Waals surface area contributed by atoms with E-state index in [9.17, 15) is 9.59 Å². The molecule has 1 heterocycles. The van der Waals surface area contributed by atoms with Crippen LogP contribution in [0.5, 0.6) is 0 Å². The Balaban J connectivity index is 1.27. The minimum atomic E-state index is -0.297. The van der Waals surface area contributed by atoms with Gasteiger partial charge in [-0.15, -0.1) is 0 Å². The Bertz CT molecular complexity index is 1390. The third-order valence-corrected chi connectivity index (χ3v) is 6.95. The van der Waals surface area contributed by atoms with Crippen LogP contribution in [-0.4, -0.2) is 21.8 Å². The predicted octanol–water partition coefficient (Wildman–Crippen LogP) is 7.70. The van der Waals surface area contributed by atoms with Crippen molar-refractivity contribution in [2.75, 3.05) is 10.6 Å².